The Balaban J connectivity index is 1.83. The van der Waals surface area contributed by atoms with Gasteiger partial charge in [0.15, 0.2) is 5.78 Å². The number of nitrogens with zero attached hydrogens (tertiary/aromatic N) is 2. The first-order valence-electron chi connectivity index (χ1n) is 6.88. The molecule has 0 aromatic carbocycles. The highest BCUT2D eigenvalue weighted by Crippen LogP contribution is 2.25. The highest BCUT2D eigenvalue weighted by Gasteiger charge is 2.22. The molecule has 19 heavy (non-hydrogen) atoms. The van der Waals surface area contributed by atoms with Gasteiger partial charge in [-0.2, -0.15) is 0 Å². The van der Waals surface area contributed by atoms with Crippen molar-refractivity contribution in [3.8, 4) is 0 Å². The van der Waals surface area contributed by atoms with Crippen LogP contribution in [0.1, 0.15) is 40.3 Å². The summed E-state index contributed by atoms with van der Waals surface area (Å²) in [7, 11) is 0. The van der Waals surface area contributed by atoms with Crippen LogP contribution in [0.5, 0.6) is 0 Å². The van der Waals surface area contributed by atoms with Crippen molar-refractivity contribution in [1.29, 1.82) is 0 Å². The number of fused-ring (bicyclic) bond motifs is 1. The molecular formula is C16H18N2O. The van der Waals surface area contributed by atoms with Crippen molar-refractivity contribution >= 4 is 5.78 Å². The lowest BCUT2D eigenvalue weighted by Gasteiger charge is -2.15. The predicted molar refractivity (Wildman–Crippen MR) is 74.4 cm³/mol. The van der Waals surface area contributed by atoms with E-state index in [1.165, 1.54) is 11.4 Å². The third kappa shape index (κ3) is 2.33. The minimum Gasteiger partial charge on any atom is -0.348 e. The van der Waals surface area contributed by atoms with Crippen molar-refractivity contribution in [2.24, 2.45) is 0 Å². The van der Waals surface area contributed by atoms with E-state index in [1.807, 2.05) is 18.3 Å². The van der Waals surface area contributed by atoms with Gasteiger partial charge in [0, 0.05) is 48.2 Å². The molecule has 0 fully saturated rings. The number of aromatic nitrogens is 2. The zero-order valence-electron chi connectivity index (χ0n) is 11.2. The number of ketones is 1. The lowest BCUT2D eigenvalue weighted by Crippen LogP contribution is -2.14. The number of hydrogen-bond acceptors (Lipinski definition) is 2. The summed E-state index contributed by atoms with van der Waals surface area (Å²) >= 11 is 0. The summed E-state index contributed by atoms with van der Waals surface area (Å²) < 4.78 is 2.29. The van der Waals surface area contributed by atoms with Gasteiger partial charge in [0.25, 0.3) is 0 Å². The van der Waals surface area contributed by atoms with Crippen molar-refractivity contribution in [2.75, 3.05) is 0 Å². The largest absolute Gasteiger partial charge is 0.348 e. The Morgan fingerprint density at radius 2 is 2.21 bits per heavy atom. The zero-order chi connectivity index (χ0) is 13.2. The van der Waals surface area contributed by atoms with Gasteiger partial charge in [-0.25, -0.2) is 0 Å². The molecule has 0 bridgehead atoms. The molecule has 2 heterocycles. The number of carbonyl (C=O) groups excluding carboxylic acids is 1. The molecule has 3 heteroatoms. The predicted octanol–water partition coefficient (Wildman–Crippen LogP) is 2.95. The van der Waals surface area contributed by atoms with E-state index < -0.39 is 0 Å². The molecule has 0 atom stereocenters. The van der Waals surface area contributed by atoms with Crippen molar-refractivity contribution < 1.29 is 4.79 Å². The first kappa shape index (κ1) is 12.2. The SMILES string of the molecule is Cc1cc2c(n1CCc1ccccn1)CCCC2=O. The fourth-order valence-corrected chi connectivity index (χ4v) is 2.87. The van der Waals surface area contributed by atoms with E-state index in [1.54, 1.807) is 0 Å². The monoisotopic (exact) mass is 254 g/mol. The van der Waals surface area contributed by atoms with Crippen molar-refractivity contribution in [3.63, 3.8) is 0 Å². The second-order valence-electron chi connectivity index (χ2n) is 5.15. The first-order chi connectivity index (χ1) is 9.25. The molecule has 0 N–H and O–H groups in total. The summed E-state index contributed by atoms with van der Waals surface area (Å²) in [5.41, 5.74) is 4.47. The molecule has 1 aliphatic rings. The molecule has 0 saturated heterocycles. The summed E-state index contributed by atoms with van der Waals surface area (Å²) in [4.78, 5) is 16.3. The molecule has 98 valence electrons. The van der Waals surface area contributed by atoms with Crippen molar-refractivity contribution in [1.82, 2.24) is 9.55 Å². The van der Waals surface area contributed by atoms with E-state index in [0.29, 0.717) is 12.2 Å². The quantitative estimate of drug-likeness (QED) is 0.844. The summed E-state index contributed by atoms with van der Waals surface area (Å²) in [6.07, 6.45) is 5.46. The Labute approximate surface area is 113 Å². The second-order valence-corrected chi connectivity index (χ2v) is 5.15. The van der Waals surface area contributed by atoms with Crippen LogP contribution >= 0.6 is 0 Å². The van der Waals surface area contributed by atoms with Gasteiger partial charge in [-0.1, -0.05) is 6.07 Å². The van der Waals surface area contributed by atoms with Gasteiger partial charge in [-0.05, 0) is 38.0 Å². The standard InChI is InChI=1S/C16H18N2O/c1-12-11-14-15(6-4-7-16(14)19)18(12)10-8-13-5-2-3-9-17-13/h2-3,5,9,11H,4,6-8,10H2,1H3. The van der Waals surface area contributed by atoms with Crippen LogP contribution in [0.2, 0.25) is 0 Å². The number of aryl methyl sites for hydroxylation is 2. The summed E-state index contributed by atoms with van der Waals surface area (Å²) in [5, 5.41) is 0. The van der Waals surface area contributed by atoms with Crippen LogP contribution < -0.4 is 0 Å². The fraction of sp³-hybridized carbons (Fsp3) is 0.375. The van der Waals surface area contributed by atoms with Gasteiger partial charge in [0.05, 0.1) is 0 Å². The molecule has 0 saturated carbocycles. The van der Waals surface area contributed by atoms with E-state index in [9.17, 15) is 4.79 Å². The summed E-state index contributed by atoms with van der Waals surface area (Å²) in [6.45, 7) is 3.00. The fourth-order valence-electron chi connectivity index (χ4n) is 2.87. The Morgan fingerprint density at radius 3 is 3.00 bits per heavy atom. The highest BCUT2D eigenvalue weighted by atomic mass is 16.1. The van der Waals surface area contributed by atoms with Crippen LogP contribution in [0.15, 0.2) is 30.5 Å². The van der Waals surface area contributed by atoms with Crippen LogP contribution in [0, 0.1) is 6.92 Å². The molecule has 0 radical (unpaired) electrons. The number of rotatable bonds is 3. The normalized spacial score (nSPS) is 14.5. The van der Waals surface area contributed by atoms with Gasteiger partial charge >= 0.3 is 0 Å². The average molecular weight is 254 g/mol. The molecule has 2 aromatic rings. The van der Waals surface area contributed by atoms with Crippen LogP contribution in [0.25, 0.3) is 0 Å². The molecule has 0 unspecified atom stereocenters. The Morgan fingerprint density at radius 1 is 1.32 bits per heavy atom. The van der Waals surface area contributed by atoms with E-state index in [-0.39, 0.29) is 0 Å². The number of hydrogen-bond donors (Lipinski definition) is 0. The molecule has 0 spiro atoms. The second kappa shape index (κ2) is 5.00. The Kier molecular flexibility index (Phi) is 3.20. The molecular weight excluding hydrogens is 236 g/mol. The smallest absolute Gasteiger partial charge is 0.164 e. The van der Waals surface area contributed by atoms with Crippen molar-refractivity contribution in [2.45, 2.75) is 39.2 Å². The van der Waals surface area contributed by atoms with Gasteiger partial charge in [0.2, 0.25) is 0 Å². The maximum Gasteiger partial charge on any atom is 0.164 e. The lowest BCUT2D eigenvalue weighted by molar-refractivity contribution is 0.0972. The van der Waals surface area contributed by atoms with Gasteiger partial charge in [-0.15, -0.1) is 0 Å². The van der Waals surface area contributed by atoms with Crippen LogP contribution in [-0.4, -0.2) is 15.3 Å². The topological polar surface area (TPSA) is 34.9 Å². The van der Waals surface area contributed by atoms with Crippen molar-refractivity contribution in [3.05, 3.63) is 53.1 Å². The third-order valence-electron chi connectivity index (χ3n) is 3.85. The Hall–Kier alpha value is -1.90. The molecule has 3 rings (SSSR count). The van der Waals surface area contributed by atoms with E-state index in [0.717, 1.165) is 37.1 Å². The number of pyridine rings is 1. The molecule has 0 amide bonds. The zero-order valence-corrected chi connectivity index (χ0v) is 11.2. The first-order valence-corrected chi connectivity index (χ1v) is 6.88. The van der Waals surface area contributed by atoms with Crippen LogP contribution in [-0.2, 0) is 19.4 Å². The minimum atomic E-state index is 0.306. The molecule has 0 aliphatic heterocycles. The van der Waals surface area contributed by atoms with Gasteiger partial charge < -0.3 is 4.57 Å². The highest BCUT2D eigenvalue weighted by molar-refractivity contribution is 5.98. The van der Waals surface area contributed by atoms with Gasteiger partial charge in [-0.3, -0.25) is 9.78 Å². The molecule has 1 aliphatic carbocycles. The van der Waals surface area contributed by atoms with E-state index in [4.69, 9.17) is 0 Å². The van der Waals surface area contributed by atoms with Crippen LogP contribution in [0.4, 0.5) is 0 Å². The summed E-state index contributed by atoms with van der Waals surface area (Å²) in [5.74, 6) is 0.306. The molecule has 3 nitrogen and oxygen atoms in total. The summed E-state index contributed by atoms with van der Waals surface area (Å²) in [6, 6.07) is 8.06. The third-order valence-corrected chi connectivity index (χ3v) is 3.85. The maximum absolute atomic E-state index is 11.9. The average Bonchev–Trinajstić information content (AvgIpc) is 2.75. The maximum atomic E-state index is 11.9. The lowest BCUT2D eigenvalue weighted by atomic mass is 9.96. The van der Waals surface area contributed by atoms with E-state index >= 15 is 0 Å². The van der Waals surface area contributed by atoms with Gasteiger partial charge in [0.1, 0.15) is 0 Å². The minimum absolute atomic E-state index is 0.306. The van der Waals surface area contributed by atoms with Crippen LogP contribution in [0.3, 0.4) is 0 Å². The molecule has 2 aromatic heterocycles. The van der Waals surface area contributed by atoms with E-state index in [2.05, 4.69) is 28.6 Å². The number of carbonyl (C=O) groups is 1. The number of Topliss-reactive ketones (excluding diaryl/α,β-unsaturated/α-hetero) is 1. The Bertz CT molecular complexity index is 599.